The van der Waals surface area contributed by atoms with Gasteiger partial charge >= 0.3 is 0 Å². The summed E-state index contributed by atoms with van der Waals surface area (Å²) < 4.78 is 0. The number of hydrogen-bond acceptors (Lipinski definition) is 7. The van der Waals surface area contributed by atoms with Crippen molar-refractivity contribution in [3.63, 3.8) is 0 Å². The number of anilines is 2. The summed E-state index contributed by atoms with van der Waals surface area (Å²) in [5, 5.41) is 13.9. The van der Waals surface area contributed by atoms with E-state index in [9.17, 15) is 10.1 Å². The van der Waals surface area contributed by atoms with Gasteiger partial charge in [0, 0.05) is 19.1 Å². The van der Waals surface area contributed by atoms with E-state index >= 15 is 0 Å². The first kappa shape index (κ1) is 16.1. The average Bonchev–Trinajstić information content (AvgIpc) is 2.45. The van der Waals surface area contributed by atoms with Crippen LogP contribution in [0, 0.1) is 10.1 Å². The van der Waals surface area contributed by atoms with Gasteiger partial charge in [0.25, 0.3) is 5.69 Å². The highest BCUT2D eigenvalue weighted by Crippen LogP contribution is 2.19. The Morgan fingerprint density at radius 2 is 2.15 bits per heavy atom. The molecular formula is C12H22N6O2. The first-order valence-electron chi connectivity index (χ1n) is 6.55. The number of hydrogen-bond donors (Lipinski definition) is 3. The van der Waals surface area contributed by atoms with E-state index < -0.39 is 4.92 Å². The monoisotopic (exact) mass is 282 g/mol. The lowest BCUT2D eigenvalue weighted by atomic mass is 10.2. The Balaban J connectivity index is 2.63. The molecule has 0 aromatic carbocycles. The van der Waals surface area contributed by atoms with Crippen LogP contribution < -0.4 is 16.6 Å². The number of nitrogens with two attached hydrogens (primary N) is 1. The smallest absolute Gasteiger partial charge is 0.276 e. The van der Waals surface area contributed by atoms with Crippen molar-refractivity contribution in [3.05, 3.63) is 22.2 Å². The molecule has 0 fully saturated rings. The fraction of sp³-hybridized carbons (Fsp3) is 0.583. The predicted molar refractivity (Wildman–Crippen MR) is 79.6 cm³/mol. The van der Waals surface area contributed by atoms with Crippen molar-refractivity contribution in [2.45, 2.75) is 26.3 Å². The first-order valence-corrected chi connectivity index (χ1v) is 6.55. The quantitative estimate of drug-likeness (QED) is 0.376. The van der Waals surface area contributed by atoms with Crippen LogP contribution in [-0.2, 0) is 0 Å². The van der Waals surface area contributed by atoms with Crippen LogP contribution in [0.1, 0.15) is 20.3 Å². The van der Waals surface area contributed by atoms with Gasteiger partial charge in [0.15, 0.2) is 0 Å². The molecule has 1 atom stereocenters. The third-order valence-corrected chi connectivity index (χ3v) is 3.28. The van der Waals surface area contributed by atoms with Crippen LogP contribution in [0.15, 0.2) is 12.1 Å². The molecule has 20 heavy (non-hydrogen) atoms. The van der Waals surface area contributed by atoms with Crippen LogP contribution in [0.4, 0.5) is 17.3 Å². The van der Waals surface area contributed by atoms with Crippen molar-refractivity contribution in [2.24, 2.45) is 5.84 Å². The number of aromatic nitrogens is 1. The largest absolute Gasteiger partial charge is 0.369 e. The minimum Gasteiger partial charge on any atom is -0.369 e. The maximum atomic E-state index is 10.8. The zero-order chi connectivity index (χ0) is 15.1. The van der Waals surface area contributed by atoms with Crippen molar-refractivity contribution >= 4 is 17.3 Å². The number of nitrogens with one attached hydrogen (secondary N) is 2. The molecule has 8 heteroatoms. The normalized spacial score (nSPS) is 12.2. The number of rotatable bonds is 8. The van der Waals surface area contributed by atoms with E-state index in [0.29, 0.717) is 18.4 Å². The molecule has 8 nitrogen and oxygen atoms in total. The van der Waals surface area contributed by atoms with Crippen LogP contribution in [0.25, 0.3) is 0 Å². The third kappa shape index (κ3) is 4.63. The van der Waals surface area contributed by atoms with Gasteiger partial charge < -0.3 is 15.6 Å². The standard InChI is InChI=1S/C12H22N6O2/c1-4-9(2)17(3)6-5-14-11-7-10(18(19)20)8-12(15-11)16-13/h7-9H,4-6,13H2,1-3H3,(H2,14,15,16). The lowest BCUT2D eigenvalue weighted by Gasteiger charge is -2.23. The van der Waals surface area contributed by atoms with Crippen LogP contribution in [0.3, 0.4) is 0 Å². The molecule has 0 aliphatic heterocycles. The lowest BCUT2D eigenvalue weighted by molar-refractivity contribution is -0.384. The first-order chi connectivity index (χ1) is 9.47. The maximum Gasteiger partial charge on any atom is 0.276 e. The minimum absolute atomic E-state index is 0.0502. The number of pyridine rings is 1. The summed E-state index contributed by atoms with van der Waals surface area (Å²) in [4.78, 5) is 16.7. The second-order valence-corrected chi connectivity index (χ2v) is 4.66. The van der Waals surface area contributed by atoms with Gasteiger partial charge in [-0.2, -0.15) is 0 Å². The molecule has 0 aliphatic carbocycles. The van der Waals surface area contributed by atoms with Gasteiger partial charge in [-0.25, -0.2) is 10.8 Å². The molecule has 112 valence electrons. The van der Waals surface area contributed by atoms with E-state index in [2.05, 4.69) is 34.5 Å². The molecule has 1 aromatic heterocycles. The molecule has 0 aliphatic rings. The Morgan fingerprint density at radius 3 is 2.70 bits per heavy atom. The van der Waals surface area contributed by atoms with Gasteiger partial charge in [0.05, 0.1) is 17.1 Å². The van der Waals surface area contributed by atoms with Crippen LogP contribution in [0.5, 0.6) is 0 Å². The van der Waals surface area contributed by atoms with Crippen LogP contribution >= 0.6 is 0 Å². The molecule has 0 amide bonds. The van der Waals surface area contributed by atoms with Crippen molar-refractivity contribution in [1.82, 2.24) is 9.88 Å². The fourth-order valence-electron chi connectivity index (χ4n) is 1.68. The molecule has 1 heterocycles. The summed E-state index contributed by atoms with van der Waals surface area (Å²) in [6.07, 6.45) is 1.08. The van der Waals surface area contributed by atoms with E-state index in [4.69, 9.17) is 5.84 Å². The Kier molecular flexibility index (Phi) is 6.13. The molecular weight excluding hydrogens is 260 g/mol. The zero-order valence-electron chi connectivity index (χ0n) is 12.1. The van der Waals surface area contributed by atoms with Crippen molar-refractivity contribution in [3.8, 4) is 0 Å². The highest BCUT2D eigenvalue weighted by molar-refractivity contribution is 5.54. The number of nitrogen functional groups attached to an aromatic ring is 1. The van der Waals surface area contributed by atoms with Gasteiger partial charge in [0.1, 0.15) is 11.6 Å². The number of hydrazine groups is 1. The predicted octanol–water partition coefficient (Wildman–Crippen LogP) is 1.42. The van der Waals surface area contributed by atoms with Crippen molar-refractivity contribution in [1.29, 1.82) is 0 Å². The van der Waals surface area contributed by atoms with E-state index in [1.165, 1.54) is 12.1 Å². The molecule has 0 radical (unpaired) electrons. The second kappa shape index (κ2) is 7.61. The van der Waals surface area contributed by atoms with Gasteiger partial charge in [-0.15, -0.1) is 0 Å². The number of nitrogens with zero attached hydrogens (tertiary/aromatic N) is 3. The van der Waals surface area contributed by atoms with E-state index in [-0.39, 0.29) is 11.5 Å². The summed E-state index contributed by atoms with van der Waals surface area (Å²) in [6.45, 7) is 5.77. The highest BCUT2D eigenvalue weighted by Gasteiger charge is 2.11. The minimum atomic E-state index is -0.473. The lowest BCUT2D eigenvalue weighted by Crippen LogP contribution is -2.32. The molecule has 4 N–H and O–H groups in total. The topological polar surface area (TPSA) is 109 Å². The van der Waals surface area contributed by atoms with E-state index in [0.717, 1.165) is 13.0 Å². The highest BCUT2D eigenvalue weighted by atomic mass is 16.6. The van der Waals surface area contributed by atoms with Gasteiger partial charge in [0.2, 0.25) is 0 Å². The molecule has 1 unspecified atom stereocenters. The molecule has 0 saturated carbocycles. The summed E-state index contributed by atoms with van der Waals surface area (Å²) in [5.41, 5.74) is 2.27. The summed E-state index contributed by atoms with van der Waals surface area (Å²) >= 11 is 0. The maximum absolute atomic E-state index is 10.8. The van der Waals surface area contributed by atoms with E-state index in [1.54, 1.807) is 0 Å². The van der Waals surface area contributed by atoms with Crippen molar-refractivity contribution in [2.75, 3.05) is 30.9 Å². The van der Waals surface area contributed by atoms with Crippen molar-refractivity contribution < 1.29 is 4.92 Å². The van der Waals surface area contributed by atoms with Gasteiger partial charge in [-0.1, -0.05) is 6.92 Å². The van der Waals surface area contributed by atoms with E-state index in [1.807, 2.05) is 7.05 Å². The SMILES string of the molecule is CCC(C)N(C)CCNc1cc([N+](=O)[O-])cc(NN)n1. The summed E-state index contributed by atoms with van der Waals surface area (Å²) in [6, 6.07) is 3.18. The van der Waals surface area contributed by atoms with Gasteiger partial charge in [-0.3, -0.25) is 10.1 Å². The summed E-state index contributed by atoms with van der Waals surface area (Å²) in [5.74, 6) is 5.95. The Labute approximate surface area is 118 Å². The Bertz CT molecular complexity index is 454. The fourth-order valence-corrected chi connectivity index (χ4v) is 1.68. The molecule has 1 rings (SSSR count). The number of nitro groups is 1. The molecule has 0 saturated heterocycles. The molecule has 0 bridgehead atoms. The second-order valence-electron chi connectivity index (χ2n) is 4.66. The zero-order valence-corrected chi connectivity index (χ0v) is 12.1. The molecule has 0 spiro atoms. The molecule has 1 aromatic rings. The third-order valence-electron chi connectivity index (χ3n) is 3.28. The van der Waals surface area contributed by atoms with Crippen LogP contribution in [0.2, 0.25) is 0 Å². The van der Waals surface area contributed by atoms with Gasteiger partial charge in [-0.05, 0) is 20.4 Å². The average molecular weight is 282 g/mol. The van der Waals surface area contributed by atoms with Crippen LogP contribution in [-0.4, -0.2) is 41.0 Å². The summed E-state index contributed by atoms with van der Waals surface area (Å²) in [7, 11) is 2.05. The number of likely N-dealkylation sites (N-methyl/N-ethyl adjacent to an activating group) is 1. The Morgan fingerprint density at radius 1 is 1.50 bits per heavy atom. The Hall–Kier alpha value is -1.93.